The van der Waals surface area contributed by atoms with Crippen LogP contribution in [0.2, 0.25) is 0 Å². The van der Waals surface area contributed by atoms with E-state index in [1.165, 1.54) is 17.7 Å². The van der Waals surface area contributed by atoms with E-state index in [9.17, 15) is 14.7 Å². The fourth-order valence-electron chi connectivity index (χ4n) is 3.46. The van der Waals surface area contributed by atoms with Crippen molar-refractivity contribution in [3.05, 3.63) is 95.1 Å². The first kappa shape index (κ1) is 24.8. The molecule has 4 N–H and O–H groups in total. The number of benzene rings is 3. The predicted molar refractivity (Wildman–Crippen MR) is 133 cm³/mol. The van der Waals surface area contributed by atoms with Gasteiger partial charge in [0.1, 0.15) is 24.1 Å². The van der Waals surface area contributed by atoms with E-state index in [-0.39, 0.29) is 23.5 Å². The molecule has 3 aromatic carbocycles. The Kier molecular flexibility index (Phi) is 7.95. The van der Waals surface area contributed by atoms with Crippen LogP contribution in [0.5, 0.6) is 11.5 Å². The normalized spacial score (nSPS) is 12.1. The van der Waals surface area contributed by atoms with Gasteiger partial charge >= 0.3 is 0 Å². The Morgan fingerprint density at radius 3 is 2.09 bits per heavy atom. The lowest BCUT2D eigenvalue weighted by Gasteiger charge is -2.23. The minimum atomic E-state index is -0.860. The summed E-state index contributed by atoms with van der Waals surface area (Å²) < 4.78 is 5.88. The van der Waals surface area contributed by atoms with E-state index in [0.717, 1.165) is 23.3 Å². The van der Waals surface area contributed by atoms with Crippen molar-refractivity contribution in [3.8, 4) is 11.5 Å². The third-order valence-corrected chi connectivity index (χ3v) is 6.17. The maximum Gasteiger partial charge on any atom is 0.251 e. The number of rotatable bonds is 10. The molecule has 0 aliphatic rings. The van der Waals surface area contributed by atoms with E-state index in [0.29, 0.717) is 12.2 Å². The van der Waals surface area contributed by atoms with Gasteiger partial charge in [0.05, 0.1) is 0 Å². The van der Waals surface area contributed by atoms with E-state index in [2.05, 4.69) is 38.2 Å². The minimum Gasteiger partial charge on any atom is -0.508 e. The Labute approximate surface area is 200 Å². The first-order chi connectivity index (χ1) is 16.2. The molecular weight excluding hydrogens is 428 g/mol. The first-order valence-electron chi connectivity index (χ1n) is 11.4. The highest BCUT2D eigenvalue weighted by molar-refractivity contribution is 5.97. The fraction of sp³-hybridized carbons (Fsp3) is 0.286. The summed E-state index contributed by atoms with van der Waals surface area (Å²) in [6, 6.07) is 20.7. The Hall–Kier alpha value is -3.80. The van der Waals surface area contributed by atoms with Gasteiger partial charge in [0.15, 0.2) is 0 Å². The molecule has 0 aliphatic heterocycles. The van der Waals surface area contributed by atoms with Crippen LogP contribution in [0.3, 0.4) is 0 Å². The lowest BCUT2D eigenvalue weighted by molar-refractivity contribution is -0.119. The summed E-state index contributed by atoms with van der Waals surface area (Å²) in [5, 5.41) is 12.1. The molecule has 0 radical (unpaired) electrons. The Morgan fingerprint density at radius 2 is 1.53 bits per heavy atom. The number of nitrogens with two attached hydrogens (primary N) is 1. The zero-order valence-electron chi connectivity index (χ0n) is 19.9. The molecule has 6 nitrogen and oxygen atoms in total. The summed E-state index contributed by atoms with van der Waals surface area (Å²) in [7, 11) is 0. The summed E-state index contributed by atoms with van der Waals surface area (Å²) in [6.45, 7) is 7.00. The smallest absolute Gasteiger partial charge is 0.251 e. The molecule has 34 heavy (non-hydrogen) atoms. The number of carbonyl (C=O) groups excluding carboxylic acids is 2. The van der Waals surface area contributed by atoms with Crippen molar-refractivity contribution >= 4 is 11.8 Å². The third kappa shape index (κ3) is 6.61. The number of carbonyl (C=O) groups is 2. The van der Waals surface area contributed by atoms with Gasteiger partial charge in [-0.2, -0.15) is 0 Å². The highest BCUT2D eigenvalue weighted by Crippen LogP contribution is 2.28. The molecule has 0 bridgehead atoms. The number of aromatic hydroxyl groups is 1. The molecule has 0 aromatic heterocycles. The van der Waals surface area contributed by atoms with Gasteiger partial charge in [-0.05, 0) is 64.9 Å². The van der Waals surface area contributed by atoms with E-state index in [1.807, 2.05) is 24.3 Å². The van der Waals surface area contributed by atoms with Crippen LogP contribution >= 0.6 is 0 Å². The quantitative estimate of drug-likeness (QED) is 0.415. The van der Waals surface area contributed by atoms with E-state index in [4.69, 9.17) is 10.5 Å². The highest BCUT2D eigenvalue weighted by Gasteiger charge is 2.20. The summed E-state index contributed by atoms with van der Waals surface area (Å²) >= 11 is 0. The summed E-state index contributed by atoms with van der Waals surface area (Å²) in [5.41, 5.74) is 9.01. The number of amides is 2. The van der Waals surface area contributed by atoms with Crippen molar-refractivity contribution < 1.29 is 19.4 Å². The number of phenolic OH excluding ortho intramolecular Hbond substituents is 1. The molecule has 3 aromatic rings. The molecule has 0 aliphatic carbocycles. The minimum absolute atomic E-state index is 0.130. The van der Waals surface area contributed by atoms with E-state index in [1.54, 1.807) is 24.3 Å². The van der Waals surface area contributed by atoms with Crippen LogP contribution in [-0.4, -0.2) is 23.0 Å². The van der Waals surface area contributed by atoms with Crippen molar-refractivity contribution in [3.63, 3.8) is 0 Å². The van der Waals surface area contributed by atoms with Gasteiger partial charge in [0.25, 0.3) is 5.91 Å². The number of primary amides is 1. The van der Waals surface area contributed by atoms with Gasteiger partial charge < -0.3 is 20.9 Å². The lowest BCUT2D eigenvalue weighted by atomic mass is 9.82. The summed E-state index contributed by atoms with van der Waals surface area (Å²) in [5.74, 6) is -0.0927. The SMILES string of the molecule is CCC(C)(C)c1ccc(OCc2ccc(C(=O)NC(Cc3ccc(O)cc3)C(N)=O)cc2)cc1. The lowest BCUT2D eigenvalue weighted by Crippen LogP contribution is -2.45. The average Bonchev–Trinajstić information content (AvgIpc) is 2.84. The molecule has 178 valence electrons. The maximum atomic E-state index is 12.6. The van der Waals surface area contributed by atoms with Crippen molar-refractivity contribution in [2.75, 3.05) is 0 Å². The Balaban J connectivity index is 1.57. The zero-order valence-corrected chi connectivity index (χ0v) is 19.9. The third-order valence-electron chi connectivity index (χ3n) is 6.17. The van der Waals surface area contributed by atoms with Crippen LogP contribution in [0.25, 0.3) is 0 Å². The van der Waals surface area contributed by atoms with Gasteiger partial charge in [-0.15, -0.1) is 0 Å². The van der Waals surface area contributed by atoms with Crippen LogP contribution in [0.4, 0.5) is 0 Å². The van der Waals surface area contributed by atoms with E-state index < -0.39 is 11.9 Å². The van der Waals surface area contributed by atoms with Crippen LogP contribution < -0.4 is 15.8 Å². The molecule has 0 saturated heterocycles. The molecule has 1 atom stereocenters. The topological polar surface area (TPSA) is 102 Å². The fourth-order valence-corrected chi connectivity index (χ4v) is 3.46. The number of phenols is 1. The molecule has 0 heterocycles. The molecule has 0 spiro atoms. The number of hydrogen-bond acceptors (Lipinski definition) is 4. The standard InChI is InChI=1S/C28H32N2O4/c1-4-28(2,3)22-11-15-24(16-12-22)34-18-20-5-9-21(10-6-20)27(33)30-25(26(29)32)17-19-7-13-23(31)14-8-19/h5-16,25,31H,4,17-18H2,1-3H3,(H2,29,32)(H,30,33). The Bertz CT molecular complexity index is 1100. The molecule has 2 amide bonds. The van der Waals surface area contributed by atoms with Crippen molar-refractivity contribution in [2.24, 2.45) is 5.73 Å². The van der Waals surface area contributed by atoms with Crippen molar-refractivity contribution in [1.82, 2.24) is 5.32 Å². The van der Waals surface area contributed by atoms with Crippen molar-refractivity contribution in [2.45, 2.75) is 51.7 Å². The number of ether oxygens (including phenoxy) is 1. The van der Waals surface area contributed by atoms with Crippen LogP contribution in [0.1, 0.15) is 54.2 Å². The largest absolute Gasteiger partial charge is 0.508 e. The molecule has 1 unspecified atom stereocenters. The second-order valence-corrected chi connectivity index (χ2v) is 9.05. The number of hydrogen-bond donors (Lipinski definition) is 3. The monoisotopic (exact) mass is 460 g/mol. The van der Waals surface area contributed by atoms with Gasteiger partial charge in [-0.25, -0.2) is 0 Å². The van der Waals surface area contributed by atoms with Crippen LogP contribution in [-0.2, 0) is 23.2 Å². The second-order valence-electron chi connectivity index (χ2n) is 9.05. The molecule has 3 rings (SSSR count). The highest BCUT2D eigenvalue weighted by atomic mass is 16.5. The van der Waals surface area contributed by atoms with Crippen LogP contribution in [0.15, 0.2) is 72.8 Å². The first-order valence-corrected chi connectivity index (χ1v) is 11.4. The molecular formula is C28H32N2O4. The average molecular weight is 461 g/mol. The second kappa shape index (κ2) is 10.9. The van der Waals surface area contributed by atoms with Gasteiger partial charge in [0, 0.05) is 12.0 Å². The Morgan fingerprint density at radius 1 is 0.941 bits per heavy atom. The molecule has 0 saturated carbocycles. The zero-order chi connectivity index (χ0) is 24.7. The van der Waals surface area contributed by atoms with E-state index >= 15 is 0 Å². The van der Waals surface area contributed by atoms with Crippen molar-refractivity contribution in [1.29, 1.82) is 0 Å². The summed E-state index contributed by atoms with van der Waals surface area (Å²) in [6.07, 6.45) is 1.30. The van der Waals surface area contributed by atoms with Crippen LogP contribution in [0, 0.1) is 0 Å². The molecule has 6 heteroatoms. The van der Waals surface area contributed by atoms with Gasteiger partial charge in [0.2, 0.25) is 5.91 Å². The molecule has 0 fully saturated rings. The van der Waals surface area contributed by atoms with Gasteiger partial charge in [-0.3, -0.25) is 9.59 Å². The number of nitrogens with one attached hydrogen (secondary N) is 1. The maximum absolute atomic E-state index is 12.6. The van der Waals surface area contributed by atoms with Gasteiger partial charge in [-0.1, -0.05) is 57.2 Å². The summed E-state index contributed by atoms with van der Waals surface area (Å²) in [4.78, 5) is 24.5. The predicted octanol–water partition coefficient (Wildman–Crippen LogP) is 4.49.